The first-order valence-electron chi connectivity index (χ1n) is 7.98. The topological polar surface area (TPSA) is 43.1 Å². The van der Waals surface area contributed by atoms with Crippen LogP contribution in [-0.2, 0) is 11.2 Å². The van der Waals surface area contributed by atoms with E-state index in [1.165, 1.54) is 17.5 Å². The Morgan fingerprint density at radius 1 is 1.30 bits per heavy atom. The van der Waals surface area contributed by atoms with E-state index in [0.29, 0.717) is 24.7 Å². The van der Waals surface area contributed by atoms with E-state index in [0.717, 1.165) is 25.7 Å². The summed E-state index contributed by atoms with van der Waals surface area (Å²) in [5, 5.41) is 0. The maximum atomic E-state index is 12.8. The van der Waals surface area contributed by atoms with Gasteiger partial charge >= 0.3 is 0 Å². The first-order valence-corrected chi connectivity index (χ1v) is 7.98. The molecule has 1 aromatic carbocycles. The zero-order valence-corrected chi connectivity index (χ0v) is 12.8. The Morgan fingerprint density at radius 2 is 2.00 bits per heavy atom. The Hall–Kier alpha value is -1.15. The Bertz CT molecular complexity index is 454. The maximum Gasteiger partial charge on any atom is 0.140 e. The lowest BCUT2D eigenvalue weighted by Crippen LogP contribution is -2.38. The third-order valence-corrected chi connectivity index (χ3v) is 5.26. The second-order valence-electron chi connectivity index (χ2n) is 6.11. The molecular weight excluding hydrogens is 246 g/mol. The summed E-state index contributed by atoms with van der Waals surface area (Å²) in [4.78, 5) is 12.8. The molecule has 1 atom stereocenters. The van der Waals surface area contributed by atoms with Gasteiger partial charge in [0.1, 0.15) is 5.78 Å². The highest BCUT2D eigenvalue weighted by Crippen LogP contribution is 2.37. The van der Waals surface area contributed by atoms with Crippen molar-refractivity contribution in [2.24, 2.45) is 11.1 Å². The number of ketones is 1. The lowest BCUT2D eigenvalue weighted by atomic mass is 9.72. The highest BCUT2D eigenvalue weighted by molar-refractivity contribution is 5.85. The third-order valence-electron chi connectivity index (χ3n) is 5.26. The van der Waals surface area contributed by atoms with Crippen LogP contribution in [0.25, 0.3) is 0 Å². The van der Waals surface area contributed by atoms with Gasteiger partial charge in [0.15, 0.2) is 0 Å². The number of carbonyl (C=O) groups excluding carboxylic acids is 1. The molecule has 0 saturated heterocycles. The van der Waals surface area contributed by atoms with Crippen LogP contribution in [0.5, 0.6) is 0 Å². The minimum absolute atomic E-state index is 0.299. The van der Waals surface area contributed by atoms with Crippen LogP contribution in [0.1, 0.15) is 63.0 Å². The van der Waals surface area contributed by atoms with E-state index < -0.39 is 0 Å². The molecule has 1 aliphatic carbocycles. The monoisotopic (exact) mass is 273 g/mol. The SMILES string of the molecule is CCC(CC)(CN)C(=O)CC1CCCc2ccccc21. The maximum absolute atomic E-state index is 12.8. The number of hydrogen-bond acceptors (Lipinski definition) is 2. The van der Waals surface area contributed by atoms with Gasteiger partial charge < -0.3 is 5.73 Å². The van der Waals surface area contributed by atoms with Crippen molar-refractivity contribution < 1.29 is 4.79 Å². The molecule has 20 heavy (non-hydrogen) atoms. The molecule has 1 unspecified atom stereocenters. The van der Waals surface area contributed by atoms with Gasteiger partial charge in [-0.1, -0.05) is 38.1 Å². The zero-order valence-electron chi connectivity index (χ0n) is 12.8. The molecular formula is C18H27NO. The summed E-state index contributed by atoms with van der Waals surface area (Å²) >= 11 is 0. The van der Waals surface area contributed by atoms with Gasteiger partial charge in [-0.25, -0.2) is 0 Å². The Labute approximate surface area is 122 Å². The highest BCUT2D eigenvalue weighted by atomic mass is 16.1. The Balaban J connectivity index is 2.17. The number of Topliss-reactive ketones (excluding diaryl/α,β-unsaturated/α-hetero) is 1. The number of fused-ring (bicyclic) bond motifs is 1. The quantitative estimate of drug-likeness (QED) is 0.856. The number of hydrogen-bond donors (Lipinski definition) is 1. The van der Waals surface area contributed by atoms with Gasteiger partial charge in [-0.2, -0.15) is 0 Å². The summed E-state index contributed by atoms with van der Waals surface area (Å²) < 4.78 is 0. The largest absolute Gasteiger partial charge is 0.329 e. The van der Waals surface area contributed by atoms with Crippen molar-refractivity contribution in [1.29, 1.82) is 0 Å². The van der Waals surface area contributed by atoms with Crippen LogP contribution in [0, 0.1) is 5.41 Å². The molecule has 110 valence electrons. The number of nitrogens with two attached hydrogens (primary N) is 1. The molecule has 0 aliphatic heterocycles. The van der Waals surface area contributed by atoms with Crippen molar-refractivity contribution in [2.45, 2.75) is 58.3 Å². The van der Waals surface area contributed by atoms with Crippen LogP contribution in [-0.4, -0.2) is 12.3 Å². The number of carbonyl (C=O) groups is 1. The molecule has 1 aliphatic rings. The average molecular weight is 273 g/mol. The van der Waals surface area contributed by atoms with E-state index in [4.69, 9.17) is 5.73 Å². The molecule has 0 saturated carbocycles. The first-order chi connectivity index (χ1) is 9.66. The minimum atomic E-state index is -0.299. The summed E-state index contributed by atoms with van der Waals surface area (Å²) in [5.41, 5.74) is 8.44. The summed E-state index contributed by atoms with van der Waals surface area (Å²) in [5.74, 6) is 0.767. The predicted octanol–water partition coefficient (Wildman–Crippen LogP) is 3.83. The summed E-state index contributed by atoms with van der Waals surface area (Å²) in [6.07, 6.45) is 5.86. The van der Waals surface area contributed by atoms with Crippen molar-refractivity contribution in [3.63, 3.8) is 0 Å². The fourth-order valence-electron chi connectivity index (χ4n) is 3.55. The van der Waals surface area contributed by atoms with E-state index in [1.807, 2.05) is 0 Å². The molecule has 1 aromatic rings. The van der Waals surface area contributed by atoms with Gasteiger partial charge in [-0.15, -0.1) is 0 Å². The Morgan fingerprint density at radius 3 is 2.65 bits per heavy atom. The molecule has 0 spiro atoms. The van der Waals surface area contributed by atoms with Crippen molar-refractivity contribution in [3.05, 3.63) is 35.4 Å². The first kappa shape index (κ1) is 15.2. The smallest absolute Gasteiger partial charge is 0.140 e. The predicted molar refractivity (Wildman–Crippen MR) is 83.8 cm³/mol. The fraction of sp³-hybridized carbons (Fsp3) is 0.611. The number of benzene rings is 1. The molecule has 2 heteroatoms. The van der Waals surface area contributed by atoms with Crippen LogP contribution >= 0.6 is 0 Å². The molecule has 0 fully saturated rings. The van der Waals surface area contributed by atoms with E-state index in [1.54, 1.807) is 0 Å². The number of rotatable bonds is 6. The molecule has 0 aromatic heterocycles. The summed E-state index contributed by atoms with van der Waals surface area (Å²) in [6.45, 7) is 4.65. The van der Waals surface area contributed by atoms with Crippen LogP contribution in [0.3, 0.4) is 0 Å². The second-order valence-corrected chi connectivity index (χ2v) is 6.11. The summed E-state index contributed by atoms with van der Waals surface area (Å²) in [7, 11) is 0. The molecule has 0 heterocycles. The van der Waals surface area contributed by atoms with E-state index in [-0.39, 0.29) is 5.41 Å². The van der Waals surface area contributed by atoms with Gasteiger partial charge in [-0.3, -0.25) is 4.79 Å². The van der Waals surface area contributed by atoms with Crippen LogP contribution in [0.2, 0.25) is 0 Å². The number of aryl methyl sites for hydroxylation is 1. The molecule has 2 nitrogen and oxygen atoms in total. The molecule has 2 rings (SSSR count). The third kappa shape index (κ3) is 2.80. The molecule has 2 N–H and O–H groups in total. The molecule has 0 amide bonds. The van der Waals surface area contributed by atoms with E-state index in [9.17, 15) is 4.79 Å². The van der Waals surface area contributed by atoms with Crippen molar-refractivity contribution in [2.75, 3.05) is 6.54 Å². The van der Waals surface area contributed by atoms with Crippen molar-refractivity contribution in [3.8, 4) is 0 Å². The average Bonchev–Trinajstić information content (AvgIpc) is 2.50. The van der Waals surface area contributed by atoms with E-state index in [2.05, 4.69) is 38.1 Å². The van der Waals surface area contributed by atoms with Gasteiger partial charge in [-0.05, 0) is 49.1 Å². The highest BCUT2D eigenvalue weighted by Gasteiger charge is 2.35. The zero-order chi connectivity index (χ0) is 14.6. The lowest BCUT2D eigenvalue weighted by Gasteiger charge is -2.32. The minimum Gasteiger partial charge on any atom is -0.329 e. The molecule has 0 bridgehead atoms. The Kier molecular flexibility index (Phi) is 4.98. The summed E-state index contributed by atoms with van der Waals surface area (Å²) in [6, 6.07) is 8.61. The normalized spacial score (nSPS) is 18.6. The van der Waals surface area contributed by atoms with E-state index >= 15 is 0 Å². The van der Waals surface area contributed by atoms with Gasteiger partial charge in [0.05, 0.1) is 0 Å². The van der Waals surface area contributed by atoms with Crippen LogP contribution < -0.4 is 5.73 Å². The molecule has 0 radical (unpaired) electrons. The van der Waals surface area contributed by atoms with Crippen LogP contribution in [0.15, 0.2) is 24.3 Å². The van der Waals surface area contributed by atoms with Gasteiger partial charge in [0.2, 0.25) is 0 Å². The van der Waals surface area contributed by atoms with Crippen molar-refractivity contribution >= 4 is 5.78 Å². The van der Waals surface area contributed by atoms with Gasteiger partial charge in [0.25, 0.3) is 0 Å². The van der Waals surface area contributed by atoms with Gasteiger partial charge in [0, 0.05) is 18.4 Å². The fourth-order valence-corrected chi connectivity index (χ4v) is 3.55. The standard InChI is InChI=1S/C18H27NO/c1-3-18(4-2,13-19)17(20)12-15-10-7-9-14-8-5-6-11-16(14)15/h5-6,8,11,15H,3-4,7,9-10,12-13,19H2,1-2H3. The van der Waals surface area contributed by atoms with Crippen LogP contribution in [0.4, 0.5) is 0 Å². The second kappa shape index (κ2) is 6.53. The lowest BCUT2D eigenvalue weighted by molar-refractivity contribution is -0.129. The van der Waals surface area contributed by atoms with Crippen molar-refractivity contribution in [1.82, 2.24) is 0 Å².